The lowest BCUT2D eigenvalue weighted by Gasteiger charge is -2.28. The minimum absolute atomic E-state index is 0.355. The lowest BCUT2D eigenvalue weighted by molar-refractivity contribution is -0.160. The van der Waals surface area contributed by atoms with Crippen LogP contribution < -0.4 is 0 Å². The largest absolute Gasteiger partial charge is 0.479 e. The average Bonchev–Trinajstić information content (AvgIpc) is 3.71. The average molecular weight is 647 g/mol. The van der Waals surface area contributed by atoms with E-state index in [2.05, 4.69) is 23.1 Å². The number of likely N-dealkylation sites (tertiary alicyclic amines) is 1. The number of carboxylic acid groups (broad SMARTS) is 1. The van der Waals surface area contributed by atoms with Gasteiger partial charge < -0.3 is 19.5 Å². The van der Waals surface area contributed by atoms with Gasteiger partial charge in [-0.3, -0.25) is 4.68 Å². The van der Waals surface area contributed by atoms with Crippen molar-refractivity contribution in [2.75, 3.05) is 33.4 Å². The maximum absolute atomic E-state index is 12.7. The monoisotopic (exact) mass is 646 g/mol. The maximum atomic E-state index is 12.7. The van der Waals surface area contributed by atoms with Gasteiger partial charge in [0.1, 0.15) is 5.01 Å². The number of carboxylic acids is 1. The Balaban J connectivity index is 1.49. The van der Waals surface area contributed by atoms with Gasteiger partial charge in [-0.05, 0) is 88.2 Å². The number of aromatic nitrogens is 3. The van der Waals surface area contributed by atoms with Crippen LogP contribution in [0.15, 0.2) is 48.5 Å². The van der Waals surface area contributed by atoms with Crippen molar-refractivity contribution >= 4 is 50.0 Å². The van der Waals surface area contributed by atoms with Gasteiger partial charge in [0.15, 0.2) is 6.10 Å². The summed E-state index contributed by atoms with van der Waals surface area (Å²) in [5, 5.41) is 18.0. The van der Waals surface area contributed by atoms with Crippen molar-refractivity contribution in [1.82, 2.24) is 19.7 Å². The van der Waals surface area contributed by atoms with Gasteiger partial charge in [-0.1, -0.05) is 23.7 Å². The molecule has 8 nitrogen and oxygen atoms in total. The number of hydrogen-bond acceptors (Lipinski definition) is 7. The number of nitrogens with zero attached hydrogens (tertiary/aromatic N) is 4. The van der Waals surface area contributed by atoms with E-state index in [9.17, 15) is 9.90 Å². The minimum Gasteiger partial charge on any atom is -0.479 e. The Morgan fingerprint density at radius 1 is 1.16 bits per heavy atom. The Morgan fingerprint density at radius 3 is 2.58 bits per heavy atom. The molecule has 2 aromatic heterocycles. The SMILES string of the molecule is COCCN1CC[C@H](c2nn(C)c3ccc(-c4nc5cc(C)c(C(OC(C)(C)C)C(=O)O)c(-c6ccc(Cl)cc6)c5s4)cc23)C1. The number of fused-ring (bicyclic) bond motifs is 2. The summed E-state index contributed by atoms with van der Waals surface area (Å²) in [6, 6.07) is 15.9. The third-order valence-corrected chi connectivity index (χ3v) is 9.80. The quantitative estimate of drug-likeness (QED) is 0.174. The van der Waals surface area contributed by atoms with Crippen LogP contribution in [0.1, 0.15) is 56.0 Å². The lowest BCUT2D eigenvalue weighted by atomic mass is 9.91. The number of benzene rings is 3. The normalized spacial score (nSPS) is 16.6. The van der Waals surface area contributed by atoms with Crippen molar-refractivity contribution in [3.8, 4) is 21.7 Å². The fourth-order valence-electron chi connectivity index (χ4n) is 6.37. The van der Waals surface area contributed by atoms with E-state index >= 15 is 0 Å². The highest BCUT2D eigenvalue weighted by Crippen LogP contribution is 2.45. The Labute approximate surface area is 272 Å². The maximum Gasteiger partial charge on any atom is 0.337 e. The summed E-state index contributed by atoms with van der Waals surface area (Å²) in [4.78, 5) is 20.2. The van der Waals surface area contributed by atoms with Crippen LogP contribution in [0.3, 0.4) is 0 Å². The van der Waals surface area contributed by atoms with Gasteiger partial charge in [0.05, 0.1) is 33.6 Å². The van der Waals surface area contributed by atoms with Gasteiger partial charge in [0.2, 0.25) is 0 Å². The summed E-state index contributed by atoms with van der Waals surface area (Å²) < 4.78 is 14.4. The van der Waals surface area contributed by atoms with Crippen LogP contribution in [0.25, 0.3) is 42.8 Å². The highest BCUT2D eigenvalue weighted by Gasteiger charge is 2.33. The van der Waals surface area contributed by atoms with Crippen molar-refractivity contribution in [2.24, 2.45) is 7.05 Å². The van der Waals surface area contributed by atoms with E-state index in [1.54, 1.807) is 18.4 Å². The second kappa shape index (κ2) is 12.5. The molecule has 1 N–H and O–H groups in total. The van der Waals surface area contributed by atoms with Gasteiger partial charge in [0, 0.05) is 60.3 Å². The van der Waals surface area contributed by atoms with E-state index in [0.717, 1.165) is 86.7 Å². The fourth-order valence-corrected chi connectivity index (χ4v) is 7.62. The standard InChI is InChI=1S/C35H39ClN4O4S/c1-20-17-26-32(29(21-7-10-24(36)11-8-21)28(20)31(34(41)42)44-35(2,3)4)45-33(37-26)22-9-12-27-25(18-22)30(38-39(27)5)23-13-14-40(19-23)15-16-43-6/h7-12,17-18,23,31H,13-16,19H2,1-6H3,(H,41,42)/t23-,31?/m0/s1. The molecule has 0 radical (unpaired) electrons. The number of rotatable bonds is 9. The number of halogens is 1. The minimum atomic E-state index is -1.16. The smallest absolute Gasteiger partial charge is 0.337 e. The Bertz CT molecular complexity index is 1880. The van der Waals surface area contributed by atoms with Crippen molar-refractivity contribution in [1.29, 1.82) is 0 Å². The van der Waals surface area contributed by atoms with Crippen LogP contribution >= 0.6 is 22.9 Å². The van der Waals surface area contributed by atoms with E-state index < -0.39 is 17.7 Å². The molecule has 0 amide bonds. The topological polar surface area (TPSA) is 89.7 Å². The molecule has 2 atom stereocenters. The molecule has 3 aromatic carbocycles. The predicted octanol–water partition coefficient (Wildman–Crippen LogP) is 7.86. The number of aryl methyl sites for hydroxylation is 2. The first-order valence-electron chi connectivity index (χ1n) is 15.2. The molecule has 0 aliphatic carbocycles. The number of ether oxygens (including phenoxy) is 2. The predicted molar refractivity (Wildman–Crippen MR) is 181 cm³/mol. The Morgan fingerprint density at radius 2 is 1.89 bits per heavy atom. The van der Waals surface area contributed by atoms with Crippen LogP contribution in [0.5, 0.6) is 0 Å². The third kappa shape index (κ3) is 6.37. The van der Waals surface area contributed by atoms with E-state index in [1.807, 2.05) is 69.8 Å². The Hall–Kier alpha value is -3.34. The number of methoxy groups -OCH3 is 1. The summed E-state index contributed by atoms with van der Waals surface area (Å²) in [6.45, 7) is 11.2. The number of carbonyl (C=O) groups is 1. The molecule has 236 valence electrons. The van der Waals surface area contributed by atoms with Gasteiger partial charge in [0.25, 0.3) is 0 Å². The van der Waals surface area contributed by atoms with Crippen LogP contribution in [0.4, 0.5) is 0 Å². The van der Waals surface area contributed by atoms with Crippen LogP contribution in [0, 0.1) is 6.92 Å². The van der Waals surface area contributed by atoms with Crippen LogP contribution in [-0.4, -0.2) is 69.7 Å². The second-order valence-corrected chi connectivity index (χ2v) is 14.3. The molecule has 0 spiro atoms. The summed E-state index contributed by atoms with van der Waals surface area (Å²) in [6.07, 6.45) is -0.0930. The molecule has 3 heterocycles. The molecular formula is C35H39ClN4O4S. The van der Waals surface area contributed by atoms with Crippen molar-refractivity contribution in [3.05, 3.63) is 70.4 Å². The molecule has 45 heavy (non-hydrogen) atoms. The molecule has 10 heteroatoms. The summed E-state index contributed by atoms with van der Waals surface area (Å²) in [7, 11) is 3.75. The summed E-state index contributed by atoms with van der Waals surface area (Å²) in [5.41, 5.74) is 6.49. The van der Waals surface area contributed by atoms with Gasteiger partial charge in [-0.2, -0.15) is 5.10 Å². The van der Waals surface area contributed by atoms with Crippen molar-refractivity contribution < 1.29 is 19.4 Å². The zero-order valence-electron chi connectivity index (χ0n) is 26.6. The third-order valence-electron chi connectivity index (χ3n) is 8.42. The van der Waals surface area contributed by atoms with Gasteiger partial charge in [-0.15, -0.1) is 11.3 Å². The highest BCUT2D eigenvalue weighted by molar-refractivity contribution is 7.22. The first kappa shape index (κ1) is 31.6. The Kier molecular flexibility index (Phi) is 8.76. The number of aliphatic carboxylic acids is 1. The molecule has 1 aliphatic heterocycles. The van der Waals surface area contributed by atoms with Crippen LogP contribution in [-0.2, 0) is 21.3 Å². The molecule has 1 saturated heterocycles. The molecule has 0 bridgehead atoms. The van der Waals surface area contributed by atoms with Gasteiger partial charge in [-0.25, -0.2) is 9.78 Å². The molecule has 0 saturated carbocycles. The van der Waals surface area contributed by atoms with Crippen LogP contribution in [0.2, 0.25) is 5.02 Å². The fraction of sp³-hybridized carbons (Fsp3) is 0.400. The van der Waals surface area contributed by atoms with Gasteiger partial charge >= 0.3 is 5.97 Å². The molecule has 6 rings (SSSR count). The van der Waals surface area contributed by atoms with E-state index in [-0.39, 0.29) is 0 Å². The molecule has 1 fully saturated rings. The number of thiazole rings is 1. The molecule has 1 aliphatic rings. The van der Waals surface area contributed by atoms with E-state index in [1.165, 1.54) is 0 Å². The molecule has 1 unspecified atom stereocenters. The van der Waals surface area contributed by atoms with E-state index in [0.29, 0.717) is 16.5 Å². The first-order valence-corrected chi connectivity index (χ1v) is 16.4. The van der Waals surface area contributed by atoms with Crippen molar-refractivity contribution in [3.63, 3.8) is 0 Å². The molecular weight excluding hydrogens is 608 g/mol. The molecule has 5 aromatic rings. The first-order chi connectivity index (χ1) is 21.4. The zero-order chi connectivity index (χ0) is 32.0. The highest BCUT2D eigenvalue weighted by atomic mass is 35.5. The lowest BCUT2D eigenvalue weighted by Crippen LogP contribution is -2.28. The summed E-state index contributed by atoms with van der Waals surface area (Å²) in [5.74, 6) is -0.678. The van der Waals surface area contributed by atoms with E-state index in [4.69, 9.17) is 31.2 Å². The van der Waals surface area contributed by atoms with Crippen molar-refractivity contribution in [2.45, 2.75) is 51.7 Å². The second-order valence-electron chi connectivity index (χ2n) is 12.8. The number of hydrogen-bond donors (Lipinski definition) is 1. The zero-order valence-corrected chi connectivity index (χ0v) is 28.1. The summed E-state index contributed by atoms with van der Waals surface area (Å²) >= 11 is 7.84.